The van der Waals surface area contributed by atoms with Crippen molar-refractivity contribution >= 4 is 11.6 Å². The summed E-state index contributed by atoms with van der Waals surface area (Å²) in [6.45, 7) is 7.26. The van der Waals surface area contributed by atoms with E-state index in [1.54, 1.807) is 0 Å². The number of piperidine rings is 1. The molecule has 6 heteroatoms. The number of carbonyl (C=O) groups is 1. The maximum Gasteiger partial charge on any atom is 0.238 e. The molecule has 1 N–H and O–H groups in total. The van der Waals surface area contributed by atoms with Crippen molar-refractivity contribution in [1.29, 1.82) is 0 Å². The van der Waals surface area contributed by atoms with E-state index in [1.807, 2.05) is 38.1 Å². The van der Waals surface area contributed by atoms with Crippen LogP contribution >= 0.6 is 0 Å². The fraction of sp³-hybridized carbons (Fsp3) is 0.611. The number of likely N-dealkylation sites (tertiary alicyclic amines) is 1. The largest absolute Gasteiger partial charge is 0.489 e. The van der Waals surface area contributed by atoms with E-state index in [2.05, 4.69) is 10.2 Å². The van der Waals surface area contributed by atoms with Crippen molar-refractivity contribution in [2.45, 2.75) is 38.6 Å². The molecular weight excluding hydrogens is 308 g/mol. The third kappa shape index (κ3) is 4.26. The second-order valence-corrected chi connectivity index (χ2v) is 6.59. The highest BCUT2D eigenvalue weighted by Crippen LogP contribution is 2.31. The summed E-state index contributed by atoms with van der Waals surface area (Å²) in [4.78, 5) is 14.5. The lowest BCUT2D eigenvalue weighted by Gasteiger charge is -2.37. The second-order valence-electron chi connectivity index (χ2n) is 6.59. The van der Waals surface area contributed by atoms with Gasteiger partial charge in [0, 0.05) is 25.9 Å². The lowest BCUT2D eigenvalue weighted by molar-refractivity contribution is -0.185. The number of ether oxygens (including phenoxy) is 3. The number of carbonyl (C=O) groups excluding carboxylic acids is 1. The number of rotatable bonds is 5. The minimum Gasteiger partial charge on any atom is -0.489 e. The quantitative estimate of drug-likeness (QED) is 0.895. The van der Waals surface area contributed by atoms with Crippen molar-refractivity contribution < 1.29 is 19.0 Å². The van der Waals surface area contributed by atoms with Crippen LogP contribution in [0.2, 0.25) is 0 Å². The molecule has 0 bridgehead atoms. The van der Waals surface area contributed by atoms with Crippen molar-refractivity contribution in [3.05, 3.63) is 24.3 Å². The molecule has 0 unspecified atom stereocenters. The Kier molecular flexibility index (Phi) is 5.38. The van der Waals surface area contributed by atoms with E-state index in [4.69, 9.17) is 14.2 Å². The predicted octanol–water partition coefficient (Wildman–Crippen LogP) is 2.25. The number of hydrogen-bond acceptors (Lipinski definition) is 5. The summed E-state index contributed by atoms with van der Waals surface area (Å²) < 4.78 is 17.2. The van der Waals surface area contributed by atoms with E-state index in [1.165, 1.54) is 0 Å². The van der Waals surface area contributed by atoms with Crippen LogP contribution in [0.3, 0.4) is 0 Å². The fourth-order valence-corrected chi connectivity index (χ4v) is 3.16. The second kappa shape index (κ2) is 7.51. The third-order valence-electron chi connectivity index (χ3n) is 4.32. The lowest BCUT2D eigenvalue weighted by atomic mass is 10.0. The molecule has 24 heavy (non-hydrogen) atoms. The molecular formula is C18H26N2O4. The molecule has 6 nitrogen and oxygen atoms in total. The zero-order chi connectivity index (χ0) is 17.0. The Hall–Kier alpha value is -1.63. The molecule has 2 fully saturated rings. The molecule has 0 aromatic heterocycles. The van der Waals surface area contributed by atoms with E-state index < -0.39 is 5.79 Å². The first-order valence-corrected chi connectivity index (χ1v) is 8.62. The molecule has 2 aliphatic heterocycles. The van der Waals surface area contributed by atoms with Crippen LogP contribution in [-0.4, -0.2) is 55.5 Å². The highest BCUT2D eigenvalue weighted by atomic mass is 16.7. The molecule has 0 aliphatic carbocycles. The van der Waals surface area contributed by atoms with Gasteiger partial charge in [0.15, 0.2) is 5.79 Å². The Morgan fingerprint density at radius 3 is 2.58 bits per heavy atom. The van der Waals surface area contributed by atoms with Gasteiger partial charge in [-0.1, -0.05) is 12.1 Å². The van der Waals surface area contributed by atoms with Gasteiger partial charge in [-0.2, -0.15) is 0 Å². The van der Waals surface area contributed by atoms with Crippen molar-refractivity contribution in [2.75, 3.05) is 38.2 Å². The van der Waals surface area contributed by atoms with Gasteiger partial charge in [-0.3, -0.25) is 9.69 Å². The summed E-state index contributed by atoms with van der Waals surface area (Å²) in [5.74, 6) is 0.273. The van der Waals surface area contributed by atoms with E-state index >= 15 is 0 Å². The standard InChI is InChI=1S/C18H26N2O4/c1-14(2)24-16-6-4-3-5-15(16)19-17(21)13-20-9-7-18(8-10-20)22-11-12-23-18/h3-6,14H,7-13H2,1-2H3,(H,19,21). The number of hydrogen-bond donors (Lipinski definition) is 1. The Bertz CT molecular complexity index is 560. The van der Waals surface area contributed by atoms with E-state index in [9.17, 15) is 4.79 Å². The van der Waals surface area contributed by atoms with Crippen LogP contribution in [0.1, 0.15) is 26.7 Å². The van der Waals surface area contributed by atoms with Crippen LogP contribution in [0.25, 0.3) is 0 Å². The zero-order valence-corrected chi connectivity index (χ0v) is 14.4. The number of benzene rings is 1. The first-order valence-electron chi connectivity index (χ1n) is 8.62. The zero-order valence-electron chi connectivity index (χ0n) is 14.4. The maximum atomic E-state index is 12.4. The lowest BCUT2D eigenvalue weighted by Crippen LogP contribution is -2.47. The highest BCUT2D eigenvalue weighted by Gasteiger charge is 2.39. The first-order chi connectivity index (χ1) is 11.6. The molecule has 2 saturated heterocycles. The summed E-state index contributed by atoms with van der Waals surface area (Å²) in [6, 6.07) is 7.53. The molecule has 2 aliphatic rings. The van der Waals surface area contributed by atoms with Crippen LogP contribution < -0.4 is 10.1 Å². The number of amides is 1. The predicted molar refractivity (Wildman–Crippen MR) is 91.1 cm³/mol. The highest BCUT2D eigenvalue weighted by molar-refractivity contribution is 5.93. The van der Waals surface area contributed by atoms with Gasteiger partial charge in [-0.25, -0.2) is 0 Å². The first kappa shape index (κ1) is 17.2. The normalized spacial score (nSPS) is 20.5. The average molecular weight is 334 g/mol. The van der Waals surface area contributed by atoms with Gasteiger partial charge in [-0.15, -0.1) is 0 Å². The summed E-state index contributed by atoms with van der Waals surface area (Å²) in [6.07, 6.45) is 1.69. The van der Waals surface area contributed by atoms with Crippen molar-refractivity contribution in [2.24, 2.45) is 0 Å². The van der Waals surface area contributed by atoms with Crippen molar-refractivity contribution in [1.82, 2.24) is 4.90 Å². The maximum absolute atomic E-state index is 12.4. The minimum absolute atomic E-state index is 0.0287. The molecule has 0 atom stereocenters. The number of anilines is 1. The molecule has 1 aromatic rings. The van der Waals surface area contributed by atoms with Crippen LogP contribution in [0.4, 0.5) is 5.69 Å². The topological polar surface area (TPSA) is 60.0 Å². The Morgan fingerprint density at radius 1 is 1.25 bits per heavy atom. The van der Waals surface area contributed by atoms with Crippen LogP contribution in [0, 0.1) is 0 Å². The third-order valence-corrected chi connectivity index (χ3v) is 4.32. The molecule has 1 spiro atoms. The van der Waals surface area contributed by atoms with Gasteiger partial charge in [0.2, 0.25) is 5.91 Å². The molecule has 2 heterocycles. The molecule has 0 radical (unpaired) electrons. The summed E-state index contributed by atoms with van der Waals surface area (Å²) >= 11 is 0. The van der Waals surface area contributed by atoms with Gasteiger partial charge < -0.3 is 19.5 Å². The van der Waals surface area contributed by atoms with Gasteiger partial charge in [0.05, 0.1) is 31.5 Å². The number of para-hydroxylation sites is 2. The fourth-order valence-electron chi connectivity index (χ4n) is 3.16. The Labute approximate surface area is 143 Å². The molecule has 3 rings (SSSR count). The summed E-state index contributed by atoms with van der Waals surface area (Å²) in [5.41, 5.74) is 0.715. The Balaban J connectivity index is 1.51. The van der Waals surface area contributed by atoms with E-state index in [-0.39, 0.29) is 12.0 Å². The van der Waals surface area contributed by atoms with Gasteiger partial charge in [-0.05, 0) is 26.0 Å². The smallest absolute Gasteiger partial charge is 0.238 e. The van der Waals surface area contributed by atoms with Crippen LogP contribution in [0.15, 0.2) is 24.3 Å². The number of nitrogens with one attached hydrogen (secondary N) is 1. The van der Waals surface area contributed by atoms with Gasteiger partial charge in [0.25, 0.3) is 0 Å². The van der Waals surface area contributed by atoms with Gasteiger partial charge in [0.1, 0.15) is 5.75 Å². The molecule has 1 aromatic carbocycles. The van der Waals surface area contributed by atoms with Crippen molar-refractivity contribution in [3.63, 3.8) is 0 Å². The summed E-state index contributed by atoms with van der Waals surface area (Å²) in [7, 11) is 0. The summed E-state index contributed by atoms with van der Waals surface area (Å²) in [5, 5.41) is 2.96. The molecule has 132 valence electrons. The van der Waals surface area contributed by atoms with Gasteiger partial charge >= 0.3 is 0 Å². The molecule has 0 saturated carbocycles. The Morgan fingerprint density at radius 2 is 1.92 bits per heavy atom. The monoisotopic (exact) mass is 334 g/mol. The van der Waals surface area contributed by atoms with E-state index in [0.29, 0.717) is 31.2 Å². The minimum atomic E-state index is -0.398. The SMILES string of the molecule is CC(C)Oc1ccccc1NC(=O)CN1CCC2(CC1)OCCO2. The van der Waals surface area contributed by atoms with Crippen molar-refractivity contribution in [3.8, 4) is 5.75 Å². The molecule has 1 amide bonds. The number of nitrogens with zero attached hydrogens (tertiary/aromatic N) is 1. The van der Waals surface area contributed by atoms with Crippen LogP contribution in [-0.2, 0) is 14.3 Å². The van der Waals surface area contributed by atoms with E-state index in [0.717, 1.165) is 25.9 Å². The average Bonchev–Trinajstić information content (AvgIpc) is 3.00. The van der Waals surface area contributed by atoms with Crippen LogP contribution in [0.5, 0.6) is 5.75 Å².